The van der Waals surface area contributed by atoms with Crippen molar-refractivity contribution in [2.45, 2.75) is 6.92 Å². The smallest absolute Gasteiger partial charge is 0.243 e. The van der Waals surface area contributed by atoms with Gasteiger partial charge in [0.1, 0.15) is 11.5 Å². The number of aryl methyl sites for hydroxylation is 1. The van der Waals surface area contributed by atoms with Gasteiger partial charge in [0.05, 0.1) is 30.1 Å². The maximum absolute atomic E-state index is 12.4. The van der Waals surface area contributed by atoms with Crippen LogP contribution in [0.2, 0.25) is 5.02 Å². The van der Waals surface area contributed by atoms with Gasteiger partial charge in [-0.15, -0.1) is 0 Å². The van der Waals surface area contributed by atoms with E-state index in [4.69, 9.17) is 21.1 Å². The molecule has 0 saturated heterocycles. The Balaban J connectivity index is 1.67. The Kier molecular flexibility index (Phi) is 6.40. The Morgan fingerprint density at radius 2 is 1.64 bits per heavy atom. The van der Waals surface area contributed by atoms with E-state index < -0.39 is 0 Å². The normalized spacial score (nSPS) is 10.2. The van der Waals surface area contributed by atoms with Crippen LogP contribution in [0.25, 0.3) is 0 Å². The molecule has 0 aliphatic heterocycles. The first-order chi connectivity index (χ1) is 13.6. The van der Waals surface area contributed by atoms with Gasteiger partial charge >= 0.3 is 0 Å². The molecule has 5 nitrogen and oxygen atoms in total. The van der Waals surface area contributed by atoms with Crippen LogP contribution in [0.15, 0.2) is 66.7 Å². The van der Waals surface area contributed by atoms with Crippen molar-refractivity contribution in [3.63, 3.8) is 0 Å². The van der Waals surface area contributed by atoms with Gasteiger partial charge in [-0.25, -0.2) is 0 Å². The number of methoxy groups -OCH3 is 1. The highest BCUT2D eigenvalue weighted by Crippen LogP contribution is 2.33. The molecule has 0 aliphatic rings. The lowest BCUT2D eigenvalue weighted by Gasteiger charge is -2.14. The van der Waals surface area contributed by atoms with Crippen molar-refractivity contribution in [2.75, 3.05) is 24.3 Å². The van der Waals surface area contributed by atoms with Gasteiger partial charge in [0, 0.05) is 0 Å². The summed E-state index contributed by atoms with van der Waals surface area (Å²) in [6, 6.07) is 20.2. The van der Waals surface area contributed by atoms with E-state index >= 15 is 0 Å². The molecule has 144 valence electrons. The second kappa shape index (κ2) is 9.15. The predicted molar refractivity (Wildman–Crippen MR) is 113 cm³/mol. The Morgan fingerprint density at radius 3 is 2.39 bits per heavy atom. The molecule has 3 aromatic rings. The van der Waals surface area contributed by atoms with Crippen molar-refractivity contribution in [1.29, 1.82) is 0 Å². The maximum atomic E-state index is 12.4. The third-order valence-electron chi connectivity index (χ3n) is 4.01. The molecule has 6 heteroatoms. The lowest BCUT2D eigenvalue weighted by molar-refractivity contribution is -0.114. The van der Waals surface area contributed by atoms with Crippen LogP contribution in [0, 0.1) is 6.92 Å². The second-order valence-electron chi connectivity index (χ2n) is 6.13. The SMILES string of the molecule is COc1ccc(C)cc1NC(=O)CNc1ccccc1Oc1ccccc1Cl. The fourth-order valence-electron chi connectivity index (χ4n) is 2.64. The highest BCUT2D eigenvalue weighted by Gasteiger charge is 2.10. The van der Waals surface area contributed by atoms with Crippen LogP contribution in [0.1, 0.15) is 5.56 Å². The molecule has 0 spiro atoms. The van der Waals surface area contributed by atoms with Crippen LogP contribution in [0.4, 0.5) is 11.4 Å². The van der Waals surface area contributed by atoms with Crippen molar-refractivity contribution < 1.29 is 14.3 Å². The summed E-state index contributed by atoms with van der Waals surface area (Å²) in [6.07, 6.45) is 0. The topological polar surface area (TPSA) is 59.6 Å². The largest absolute Gasteiger partial charge is 0.495 e. The summed E-state index contributed by atoms with van der Waals surface area (Å²) < 4.78 is 11.2. The minimum atomic E-state index is -0.198. The molecule has 0 aromatic heterocycles. The van der Waals surface area contributed by atoms with E-state index in [9.17, 15) is 4.79 Å². The summed E-state index contributed by atoms with van der Waals surface area (Å²) in [5, 5.41) is 6.48. The number of anilines is 2. The highest BCUT2D eigenvalue weighted by molar-refractivity contribution is 6.32. The second-order valence-corrected chi connectivity index (χ2v) is 6.54. The van der Waals surface area contributed by atoms with Gasteiger partial charge in [0.15, 0.2) is 5.75 Å². The fourth-order valence-corrected chi connectivity index (χ4v) is 2.81. The molecule has 0 atom stereocenters. The average Bonchev–Trinajstić information content (AvgIpc) is 2.69. The average molecular weight is 397 g/mol. The van der Waals surface area contributed by atoms with Crippen molar-refractivity contribution >= 4 is 28.9 Å². The quantitative estimate of drug-likeness (QED) is 0.553. The summed E-state index contributed by atoms with van der Waals surface area (Å²) >= 11 is 6.16. The molecular weight excluding hydrogens is 376 g/mol. The molecule has 2 N–H and O–H groups in total. The first kappa shape index (κ1) is 19.6. The minimum Gasteiger partial charge on any atom is -0.495 e. The molecule has 28 heavy (non-hydrogen) atoms. The molecular formula is C22H21ClN2O3. The van der Waals surface area contributed by atoms with Crippen molar-refractivity contribution in [3.05, 3.63) is 77.3 Å². The van der Waals surface area contributed by atoms with Crippen LogP contribution in [-0.4, -0.2) is 19.6 Å². The zero-order valence-electron chi connectivity index (χ0n) is 15.7. The number of amides is 1. The van der Waals surface area contributed by atoms with Gasteiger partial charge < -0.3 is 20.1 Å². The van der Waals surface area contributed by atoms with Gasteiger partial charge in [-0.1, -0.05) is 41.9 Å². The van der Waals surface area contributed by atoms with E-state index in [-0.39, 0.29) is 12.5 Å². The van der Waals surface area contributed by atoms with E-state index in [0.29, 0.717) is 33.6 Å². The predicted octanol–water partition coefficient (Wildman–Crippen LogP) is 5.50. The lowest BCUT2D eigenvalue weighted by atomic mass is 10.2. The number of hydrogen-bond donors (Lipinski definition) is 2. The summed E-state index contributed by atoms with van der Waals surface area (Å²) in [4.78, 5) is 12.4. The number of hydrogen-bond acceptors (Lipinski definition) is 4. The first-order valence-electron chi connectivity index (χ1n) is 8.76. The zero-order chi connectivity index (χ0) is 19.9. The standard InChI is InChI=1S/C22H21ClN2O3/c1-15-11-12-20(27-2)18(13-15)25-22(26)14-24-17-8-4-6-10-21(17)28-19-9-5-3-7-16(19)23/h3-13,24H,14H2,1-2H3,(H,25,26). The highest BCUT2D eigenvalue weighted by atomic mass is 35.5. The Labute approximate surface area is 169 Å². The number of halogens is 1. The Morgan fingerprint density at radius 1 is 0.929 bits per heavy atom. The van der Waals surface area contributed by atoms with Crippen molar-refractivity contribution in [2.24, 2.45) is 0 Å². The van der Waals surface area contributed by atoms with E-state index in [2.05, 4.69) is 10.6 Å². The molecule has 0 unspecified atom stereocenters. The van der Waals surface area contributed by atoms with Gasteiger partial charge in [-0.3, -0.25) is 4.79 Å². The number of benzene rings is 3. The molecule has 3 aromatic carbocycles. The van der Waals surface area contributed by atoms with Gasteiger partial charge in [0.2, 0.25) is 5.91 Å². The molecule has 0 bridgehead atoms. The van der Waals surface area contributed by atoms with Crippen LogP contribution in [0.5, 0.6) is 17.2 Å². The van der Waals surface area contributed by atoms with E-state index in [1.807, 2.05) is 61.5 Å². The Bertz CT molecular complexity index is 976. The summed E-state index contributed by atoms with van der Waals surface area (Å²) in [7, 11) is 1.57. The summed E-state index contributed by atoms with van der Waals surface area (Å²) in [5.74, 6) is 1.54. The maximum Gasteiger partial charge on any atom is 0.243 e. The number of para-hydroxylation sites is 3. The Hall–Kier alpha value is -3.18. The van der Waals surface area contributed by atoms with E-state index in [1.54, 1.807) is 19.2 Å². The molecule has 0 heterocycles. The van der Waals surface area contributed by atoms with Crippen molar-refractivity contribution in [3.8, 4) is 17.2 Å². The lowest BCUT2D eigenvalue weighted by Crippen LogP contribution is -2.22. The van der Waals surface area contributed by atoms with Crippen LogP contribution in [0.3, 0.4) is 0 Å². The first-order valence-corrected chi connectivity index (χ1v) is 9.14. The van der Waals surface area contributed by atoms with Crippen LogP contribution in [-0.2, 0) is 4.79 Å². The number of ether oxygens (including phenoxy) is 2. The van der Waals surface area contributed by atoms with Gasteiger partial charge in [-0.05, 0) is 48.9 Å². The number of carbonyl (C=O) groups excluding carboxylic acids is 1. The molecule has 0 saturated carbocycles. The van der Waals surface area contributed by atoms with Crippen molar-refractivity contribution in [1.82, 2.24) is 0 Å². The van der Waals surface area contributed by atoms with Crippen LogP contribution < -0.4 is 20.1 Å². The number of rotatable bonds is 7. The number of nitrogens with one attached hydrogen (secondary N) is 2. The monoisotopic (exact) mass is 396 g/mol. The summed E-state index contributed by atoms with van der Waals surface area (Å²) in [5.41, 5.74) is 2.35. The van der Waals surface area contributed by atoms with Crippen LogP contribution >= 0.6 is 11.6 Å². The molecule has 3 rings (SSSR count). The van der Waals surface area contributed by atoms with Gasteiger partial charge in [-0.2, -0.15) is 0 Å². The summed E-state index contributed by atoms with van der Waals surface area (Å²) in [6.45, 7) is 2.02. The minimum absolute atomic E-state index is 0.0694. The molecule has 0 radical (unpaired) electrons. The fraction of sp³-hybridized carbons (Fsp3) is 0.136. The third kappa shape index (κ3) is 4.96. The molecule has 0 aliphatic carbocycles. The molecule has 0 fully saturated rings. The van der Waals surface area contributed by atoms with E-state index in [0.717, 1.165) is 5.56 Å². The van der Waals surface area contributed by atoms with Gasteiger partial charge in [0.25, 0.3) is 0 Å². The van der Waals surface area contributed by atoms with E-state index in [1.165, 1.54) is 0 Å². The third-order valence-corrected chi connectivity index (χ3v) is 4.32. The number of carbonyl (C=O) groups is 1. The zero-order valence-corrected chi connectivity index (χ0v) is 16.4. The molecule has 1 amide bonds.